The molecule has 0 bridgehead atoms. The van der Waals surface area contributed by atoms with Gasteiger partial charge < -0.3 is 4.42 Å². The molecule has 0 spiro atoms. The van der Waals surface area contributed by atoms with Gasteiger partial charge in [-0.15, -0.1) is 0 Å². The van der Waals surface area contributed by atoms with Gasteiger partial charge in [-0.25, -0.2) is 9.97 Å². The van der Waals surface area contributed by atoms with Gasteiger partial charge in [0.1, 0.15) is 16.8 Å². The highest BCUT2D eigenvalue weighted by Crippen LogP contribution is 2.42. The molecule has 0 radical (unpaired) electrons. The molecular formula is C48H28N4O. The summed E-state index contributed by atoms with van der Waals surface area (Å²) in [6.07, 6.45) is 0. The van der Waals surface area contributed by atoms with Gasteiger partial charge in [0, 0.05) is 32.3 Å². The minimum Gasteiger partial charge on any atom is -0.456 e. The van der Waals surface area contributed by atoms with Crippen molar-refractivity contribution in [3.63, 3.8) is 0 Å². The molecule has 4 heterocycles. The molecule has 0 aliphatic heterocycles. The molecule has 0 fully saturated rings. The van der Waals surface area contributed by atoms with Gasteiger partial charge in [-0.2, -0.15) is 0 Å². The van der Waals surface area contributed by atoms with E-state index in [0.29, 0.717) is 0 Å². The summed E-state index contributed by atoms with van der Waals surface area (Å²) in [6, 6.07) is 60.2. The van der Waals surface area contributed by atoms with Gasteiger partial charge in [-0.1, -0.05) is 115 Å². The maximum Gasteiger partial charge on any atom is 0.221 e. The Hall–Kier alpha value is -7.24. The van der Waals surface area contributed by atoms with Crippen LogP contribution < -0.4 is 0 Å². The van der Waals surface area contributed by atoms with Crippen molar-refractivity contribution in [1.29, 1.82) is 0 Å². The molecule has 12 rings (SSSR count). The molecular weight excluding hydrogens is 649 g/mol. The van der Waals surface area contributed by atoms with Crippen molar-refractivity contribution in [3.8, 4) is 28.2 Å². The van der Waals surface area contributed by atoms with E-state index in [-0.39, 0.29) is 0 Å². The van der Waals surface area contributed by atoms with E-state index in [1.807, 2.05) is 18.2 Å². The number of benzene rings is 8. The van der Waals surface area contributed by atoms with Crippen molar-refractivity contribution >= 4 is 82.1 Å². The third kappa shape index (κ3) is 4.02. The molecule has 53 heavy (non-hydrogen) atoms. The largest absolute Gasteiger partial charge is 0.456 e. The Morgan fingerprint density at radius 1 is 0.396 bits per heavy atom. The van der Waals surface area contributed by atoms with Crippen LogP contribution in [0.2, 0.25) is 0 Å². The Morgan fingerprint density at radius 3 is 1.87 bits per heavy atom. The lowest BCUT2D eigenvalue weighted by molar-refractivity contribution is 0.669. The average molecular weight is 677 g/mol. The van der Waals surface area contributed by atoms with Gasteiger partial charge in [0.15, 0.2) is 0 Å². The summed E-state index contributed by atoms with van der Waals surface area (Å²) >= 11 is 0. The van der Waals surface area contributed by atoms with Crippen LogP contribution >= 0.6 is 0 Å². The number of nitrogens with zero attached hydrogens (tertiary/aromatic N) is 4. The second-order valence-corrected chi connectivity index (χ2v) is 13.8. The summed E-state index contributed by atoms with van der Waals surface area (Å²) in [5, 5.41) is 8.03. The molecule has 246 valence electrons. The summed E-state index contributed by atoms with van der Waals surface area (Å²) in [7, 11) is 0. The number of hydrogen-bond donors (Lipinski definition) is 0. The lowest BCUT2D eigenvalue weighted by Gasteiger charge is -2.15. The van der Waals surface area contributed by atoms with Crippen LogP contribution in [0.4, 0.5) is 0 Å². The summed E-state index contributed by atoms with van der Waals surface area (Å²) in [5.74, 6) is 0.822. The Labute approximate surface area is 302 Å². The summed E-state index contributed by atoms with van der Waals surface area (Å²) in [4.78, 5) is 10.6. The van der Waals surface area contributed by atoms with Crippen molar-refractivity contribution in [2.45, 2.75) is 0 Å². The molecule has 0 atom stereocenters. The SMILES string of the molecule is c1ccc2c(c1)nc(-n1c3ccccc3c3cc(-c4ccc(-c5ccc6oc7ccccc7c6c5)cc4)c4ccccc4c31)n1c3ccccc3nc21. The van der Waals surface area contributed by atoms with Crippen molar-refractivity contribution in [3.05, 3.63) is 170 Å². The van der Waals surface area contributed by atoms with Crippen molar-refractivity contribution in [2.75, 3.05) is 0 Å². The van der Waals surface area contributed by atoms with E-state index in [1.54, 1.807) is 0 Å². The normalized spacial score (nSPS) is 12.2. The van der Waals surface area contributed by atoms with Crippen LogP contribution in [0, 0.1) is 0 Å². The molecule has 5 nitrogen and oxygen atoms in total. The van der Waals surface area contributed by atoms with Crippen molar-refractivity contribution in [1.82, 2.24) is 18.9 Å². The molecule has 5 heteroatoms. The number of rotatable bonds is 3. The minimum atomic E-state index is 0.822. The molecule has 0 aliphatic rings. The fourth-order valence-corrected chi connectivity index (χ4v) is 8.49. The number of aromatic nitrogens is 4. The summed E-state index contributed by atoms with van der Waals surface area (Å²) < 4.78 is 10.7. The maximum absolute atomic E-state index is 6.10. The predicted octanol–water partition coefficient (Wildman–Crippen LogP) is 12.5. The van der Waals surface area contributed by atoms with Crippen LogP contribution in [0.5, 0.6) is 0 Å². The Balaban J connectivity index is 1.10. The topological polar surface area (TPSA) is 48.3 Å². The third-order valence-electron chi connectivity index (χ3n) is 10.9. The van der Waals surface area contributed by atoms with Crippen LogP contribution in [0.3, 0.4) is 0 Å². The zero-order valence-electron chi connectivity index (χ0n) is 28.4. The highest BCUT2D eigenvalue weighted by atomic mass is 16.3. The summed E-state index contributed by atoms with van der Waals surface area (Å²) in [5.41, 5.74) is 12.6. The minimum absolute atomic E-state index is 0.822. The molecule has 0 aliphatic carbocycles. The standard InChI is InChI=1S/C48H28N4O/c1-2-14-35-32(11-1)37(30-23-21-29(22-24-30)31-25-26-45-38(27-31)34-13-5-10-20-44(34)53-45)28-39-33-12-4-8-18-42(33)51(46(35)39)48-50-40-16-6-3-15-36(40)47-49-41-17-7-9-19-43(41)52(47)48/h1-28H. The smallest absolute Gasteiger partial charge is 0.221 e. The third-order valence-corrected chi connectivity index (χ3v) is 10.9. The van der Waals surface area contributed by atoms with E-state index in [2.05, 4.69) is 161 Å². The Bertz CT molecular complexity index is 3460. The molecule has 0 saturated heterocycles. The first-order valence-corrected chi connectivity index (χ1v) is 17.9. The lowest BCUT2D eigenvalue weighted by atomic mass is 9.93. The fraction of sp³-hybridized carbons (Fsp3) is 0. The molecule has 0 saturated carbocycles. The first-order chi connectivity index (χ1) is 26.3. The van der Waals surface area contributed by atoms with E-state index < -0.39 is 0 Å². The predicted molar refractivity (Wildman–Crippen MR) is 218 cm³/mol. The maximum atomic E-state index is 6.10. The molecule has 12 aromatic rings. The Morgan fingerprint density at radius 2 is 1.02 bits per heavy atom. The van der Waals surface area contributed by atoms with Crippen molar-refractivity contribution < 1.29 is 4.42 Å². The first-order valence-electron chi connectivity index (χ1n) is 17.9. The van der Waals surface area contributed by atoms with Crippen LogP contribution in [0.15, 0.2) is 174 Å². The monoisotopic (exact) mass is 676 g/mol. The van der Waals surface area contributed by atoms with Gasteiger partial charge >= 0.3 is 0 Å². The fourth-order valence-electron chi connectivity index (χ4n) is 8.49. The lowest BCUT2D eigenvalue weighted by Crippen LogP contribution is -2.06. The van der Waals surface area contributed by atoms with Crippen LogP contribution in [-0.2, 0) is 0 Å². The van der Waals surface area contributed by atoms with Gasteiger partial charge in [-0.05, 0) is 82.2 Å². The number of imidazole rings is 1. The van der Waals surface area contributed by atoms with E-state index in [0.717, 1.165) is 66.5 Å². The van der Waals surface area contributed by atoms with E-state index >= 15 is 0 Å². The average Bonchev–Trinajstić information content (AvgIpc) is 3.90. The van der Waals surface area contributed by atoms with Gasteiger partial charge in [-0.3, -0.25) is 8.97 Å². The zero-order valence-corrected chi connectivity index (χ0v) is 28.4. The molecule has 8 aromatic carbocycles. The zero-order chi connectivity index (χ0) is 34.6. The van der Waals surface area contributed by atoms with Gasteiger partial charge in [0.2, 0.25) is 5.95 Å². The van der Waals surface area contributed by atoms with Crippen molar-refractivity contribution in [2.24, 2.45) is 0 Å². The van der Waals surface area contributed by atoms with E-state index in [1.165, 1.54) is 43.8 Å². The van der Waals surface area contributed by atoms with E-state index in [4.69, 9.17) is 14.4 Å². The Kier molecular flexibility index (Phi) is 5.71. The second-order valence-electron chi connectivity index (χ2n) is 13.8. The number of hydrogen-bond acceptors (Lipinski definition) is 3. The second kappa shape index (κ2) is 10.6. The number of furan rings is 1. The van der Waals surface area contributed by atoms with Gasteiger partial charge in [0.05, 0.1) is 27.6 Å². The highest BCUT2D eigenvalue weighted by Gasteiger charge is 2.22. The highest BCUT2D eigenvalue weighted by molar-refractivity contribution is 6.22. The van der Waals surface area contributed by atoms with Gasteiger partial charge in [0.25, 0.3) is 0 Å². The molecule has 0 amide bonds. The quantitative estimate of drug-likeness (QED) is 0.187. The van der Waals surface area contributed by atoms with Crippen LogP contribution in [-0.4, -0.2) is 18.9 Å². The first kappa shape index (κ1) is 28.5. The summed E-state index contributed by atoms with van der Waals surface area (Å²) in [6.45, 7) is 0. The number of fused-ring (bicyclic) bond motifs is 13. The van der Waals surface area contributed by atoms with Crippen LogP contribution in [0.1, 0.15) is 0 Å². The molecule has 0 unspecified atom stereocenters. The van der Waals surface area contributed by atoms with Crippen LogP contribution in [0.25, 0.3) is 110 Å². The molecule has 4 aromatic heterocycles. The van der Waals surface area contributed by atoms with E-state index in [9.17, 15) is 0 Å². The number of para-hydroxylation sites is 5. The molecule has 0 N–H and O–H groups in total.